The Labute approximate surface area is 182 Å². The van der Waals surface area contributed by atoms with Gasteiger partial charge in [0, 0.05) is 18.4 Å². The van der Waals surface area contributed by atoms with Gasteiger partial charge >= 0.3 is 0 Å². The van der Waals surface area contributed by atoms with Crippen LogP contribution >= 0.6 is 0 Å². The molecule has 1 aromatic heterocycles. The van der Waals surface area contributed by atoms with Crippen molar-refractivity contribution in [3.8, 4) is 11.5 Å². The van der Waals surface area contributed by atoms with Gasteiger partial charge < -0.3 is 24.5 Å². The van der Waals surface area contributed by atoms with Gasteiger partial charge in [0.1, 0.15) is 30.0 Å². The molecular formula is C26H28O5. The number of aliphatic hydroxyl groups is 2. The highest BCUT2D eigenvalue weighted by atomic mass is 16.5. The van der Waals surface area contributed by atoms with Crippen LogP contribution in [0.25, 0.3) is 0 Å². The van der Waals surface area contributed by atoms with Crippen molar-refractivity contribution in [1.29, 1.82) is 0 Å². The quantitative estimate of drug-likeness (QED) is 0.409. The first-order valence-electron chi connectivity index (χ1n) is 10.2. The molecule has 0 radical (unpaired) electrons. The Morgan fingerprint density at radius 1 is 1.03 bits per heavy atom. The maximum absolute atomic E-state index is 10.6. The number of aliphatic hydroxyl groups excluding tert-OH is 2. The zero-order valence-corrected chi connectivity index (χ0v) is 17.8. The van der Waals surface area contributed by atoms with Gasteiger partial charge in [0.25, 0.3) is 0 Å². The van der Waals surface area contributed by atoms with E-state index in [0.717, 1.165) is 28.0 Å². The fourth-order valence-electron chi connectivity index (χ4n) is 3.29. The highest BCUT2D eigenvalue weighted by Crippen LogP contribution is 2.28. The van der Waals surface area contributed by atoms with Crippen LogP contribution in [0, 0.1) is 13.8 Å². The Morgan fingerprint density at radius 3 is 2.39 bits per heavy atom. The van der Waals surface area contributed by atoms with Gasteiger partial charge in [0.05, 0.1) is 12.4 Å². The molecule has 2 aromatic carbocycles. The second-order valence-electron chi connectivity index (χ2n) is 7.54. The number of para-hydroxylation sites is 1. The van der Waals surface area contributed by atoms with Crippen LogP contribution in [0.5, 0.6) is 11.5 Å². The number of aromatic hydroxyl groups is 1. The van der Waals surface area contributed by atoms with E-state index < -0.39 is 12.2 Å². The molecule has 3 rings (SSSR count). The van der Waals surface area contributed by atoms with Crippen molar-refractivity contribution >= 4 is 0 Å². The van der Waals surface area contributed by atoms with Crippen LogP contribution in [0.4, 0.5) is 0 Å². The van der Waals surface area contributed by atoms with Crippen LogP contribution in [0.15, 0.2) is 82.7 Å². The van der Waals surface area contributed by atoms with Crippen molar-refractivity contribution < 1.29 is 24.5 Å². The molecule has 0 amide bonds. The fourth-order valence-corrected chi connectivity index (χ4v) is 3.29. The lowest BCUT2D eigenvalue weighted by Gasteiger charge is -2.13. The number of hydrogen-bond acceptors (Lipinski definition) is 5. The SMILES string of the molecule is Cc1cc([C@H](O)CC=C=C(COc2ccccc2)C[C@@H](O)c2ccco2)cc(C)c1O. The number of hydrogen-bond donors (Lipinski definition) is 3. The average molecular weight is 421 g/mol. The lowest BCUT2D eigenvalue weighted by molar-refractivity contribution is 0.146. The van der Waals surface area contributed by atoms with E-state index in [0.29, 0.717) is 18.6 Å². The lowest BCUT2D eigenvalue weighted by atomic mass is 10.00. The summed E-state index contributed by atoms with van der Waals surface area (Å²) >= 11 is 0. The Hall–Kier alpha value is -3.24. The average Bonchev–Trinajstić information content (AvgIpc) is 3.31. The summed E-state index contributed by atoms with van der Waals surface area (Å²) in [4.78, 5) is 0. The predicted octanol–water partition coefficient (Wildman–Crippen LogP) is 5.31. The maximum Gasteiger partial charge on any atom is 0.132 e. The molecule has 0 saturated carbocycles. The van der Waals surface area contributed by atoms with Crippen LogP contribution in [-0.2, 0) is 0 Å². The molecule has 0 spiro atoms. The zero-order valence-electron chi connectivity index (χ0n) is 17.8. The van der Waals surface area contributed by atoms with E-state index in [1.807, 2.05) is 44.2 Å². The molecule has 3 N–H and O–H groups in total. The van der Waals surface area contributed by atoms with Crippen molar-refractivity contribution in [2.24, 2.45) is 0 Å². The number of aryl methyl sites for hydroxylation is 2. The van der Waals surface area contributed by atoms with Crippen molar-refractivity contribution in [2.75, 3.05) is 6.61 Å². The van der Waals surface area contributed by atoms with Crippen LogP contribution in [-0.4, -0.2) is 21.9 Å². The molecule has 31 heavy (non-hydrogen) atoms. The van der Waals surface area contributed by atoms with E-state index in [9.17, 15) is 15.3 Å². The largest absolute Gasteiger partial charge is 0.507 e. The summed E-state index contributed by atoms with van der Waals surface area (Å²) in [6.45, 7) is 3.87. The summed E-state index contributed by atoms with van der Waals surface area (Å²) in [5, 5.41) is 30.9. The van der Waals surface area contributed by atoms with Gasteiger partial charge in [0.2, 0.25) is 0 Å². The van der Waals surface area contributed by atoms with Gasteiger partial charge in [-0.1, -0.05) is 18.2 Å². The van der Waals surface area contributed by atoms with Crippen LogP contribution in [0.2, 0.25) is 0 Å². The molecule has 0 saturated heterocycles. The minimum atomic E-state index is -0.808. The minimum absolute atomic E-state index is 0.249. The third-order valence-corrected chi connectivity index (χ3v) is 5.01. The molecular weight excluding hydrogens is 392 g/mol. The van der Waals surface area contributed by atoms with Crippen LogP contribution < -0.4 is 4.74 Å². The van der Waals surface area contributed by atoms with E-state index in [2.05, 4.69) is 5.73 Å². The second kappa shape index (κ2) is 10.7. The van der Waals surface area contributed by atoms with E-state index in [1.54, 1.807) is 30.3 Å². The van der Waals surface area contributed by atoms with Gasteiger partial charge in [0.15, 0.2) is 0 Å². The van der Waals surface area contributed by atoms with E-state index >= 15 is 0 Å². The molecule has 0 unspecified atom stereocenters. The number of rotatable bonds is 9. The molecule has 0 aliphatic carbocycles. The molecule has 0 aliphatic heterocycles. The minimum Gasteiger partial charge on any atom is -0.507 e. The third kappa shape index (κ3) is 6.37. The Morgan fingerprint density at radius 2 is 1.74 bits per heavy atom. The summed E-state index contributed by atoms with van der Waals surface area (Å²) in [7, 11) is 0. The van der Waals surface area contributed by atoms with Crippen molar-refractivity contribution in [3.63, 3.8) is 0 Å². The third-order valence-electron chi connectivity index (χ3n) is 5.01. The first kappa shape index (κ1) is 22.4. The van der Waals surface area contributed by atoms with Crippen LogP contribution in [0.1, 0.15) is 47.5 Å². The molecule has 5 heteroatoms. The monoisotopic (exact) mass is 420 g/mol. The van der Waals surface area contributed by atoms with Gasteiger partial charge in [-0.05, 0) is 73.0 Å². The molecule has 2 atom stereocenters. The highest BCUT2D eigenvalue weighted by Gasteiger charge is 2.14. The first-order chi connectivity index (χ1) is 14.9. The summed E-state index contributed by atoms with van der Waals surface area (Å²) in [6, 6.07) is 16.5. The van der Waals surface area contributed by atoms with E-state index in [1.165, 1.54) is 6.26 Å². The summed E-state index contributed by atoms with van der Waals surface area (Å²) in [6.07, 6.45) is 2.38. The molecule has 5 nitrogen and oxygen atoms in total. The summed E-state index contributed by atoms with van der Waals surface area (Å²) < 4.78 is 11.1. The zero-order chi connectivity index (χ0) is 22.2. The fraction of sp³-hybridized carbons (Fsp3) is 0.269. The Bertz CT molecular complexity index is 1010. The van der Waals surface area contributed by atoms with Crippen molar-refractivity contribution in [2.45, 2.75) is 38.9 Å². The smallest absolute Gasteiger partial charge is 0.132 e. The number of phenolic OH excluding ortho intramolecular Hbond substituents is 1. The van der Waals surface area contributed by atoms with Gasteiger partial charge in [-0.3, -0.25) is 0 Å². The van der Waals surface area contributed by atoms with Crippen molar-refractivity contribution in [3.05, 3.63) is 101 Å². The highest BCUT2D eigenvalue weighted by molar-refractivity contribution is 5.42. The molecule has 162 valence electrons. The molecule has 0 bridgehead atoms. The number of phenols is 1. The molecule has 0 fully saturated rings. The number of ether oxygens (including phenoxy) is 1. The molecule has 3 aromatic rings. The van der Waals surface area contributed by atoms with Crippen LogP contribution in [0.3, 0.4) is 0 Å². The van der Waals surface area contributed by atoms with Crippen molar-refractivity contribution in [1.82, 2.24) is 0 Å². The standard InChI is InChI=1S/C26H28O5/c1-18-14-21(15-19(2)26(18)29)23(27)11-6-8-20(16-24(28)25-12-7-13-30-25)17-31-22-9-4-3-5-10-22/h3-7,9-10,12-15,23-24,27-29H,11,16-17H2,1-2H3/t8?,23-,24-/m1/s1. The molecule has 1 heterocycles. The van der Waals surface area contributed by atoms with Gasteiger partial charge in [-0.25, -0.2) is 0 Å². The molecule has 0 aliphatic rings. The first-order valence-corrected chi connectivity index (χ1v) is 10.2. The van der Waals surface area contributed by atoms with Gasteiger partial charge in [-0.2, -0.15) is 0 Å². The Kier molecular flexibility index (Phi) is 7.74. The summed E-state index contributed by atoms with van der Waals surface area (Å²) in [5.41, 5.74) is 6.12. The summed E-state index contributed by atoms with van der Waals surface area (Å²) in [5.74, 6) is 1.46. The predicted molar refractivity (Wildman–Crippen MR) is 119 cm³/mol. The number of furan rings is 1. The lowest BCUT2D eigenvalue weighted by Crippen LogP contribution is -2.05. The van der Waals surface area contributed by atoms with Gasteiger partial charge in [-0.15, -0.1) is 5.73 Å². The van der Waals surface area contributed by atoms with E-state index in [4.69, 9.17) is 9.15 Å². The normalized spacial score (nSPS) is 12.6. The number of benzene rings is 2. The Balaban J connectivity index is 1.73. The topological polar surface area (TPSA) is 83.1 Å². The van der Waals surface area contributed by atoms with E-state index in [-0.39, 0.29) is 12.4 Å². The maximum atomic E-state index is 10.6. The second-order valence-corrected chi connectivity index (χ2v) is 7.54.